The van der Waals surface area contributed by atoms with Crippen molar-refractivity contribution >= 4 is 34.2 Å². The Hall–Kier alpha value is -2.61. The standard InChI is InChI=1S/C15H13NO6S/c1-8-7-11(16-13(17)9-3-2-5-20-9)23-12(8)15(19)22-10-4-6-21-14(10)18/h2-3,5,7,10H,4,6H2,1H3,(H,16,17)/t10-/m0/s1. The number of cyclic esters (lactones) is 1. The quantitative estimate of drug-likeness (QED) is 0.862. The fourth-order valence-electron chi connectivity index (χ4n) is 2.09. The molecular formula is C15H13NO6S. The monoisotopic (exact) mass is 335 g/mol. The highest BCUT2D eigenvalue weighted by Crippen LogP contribution is 2.28. The highest BCUT2D eigenvalue weighted by molar-refractivity contribution is 7.18. The third-order valence-corrected chi connectivity index (χ3v) is 4.35. The summed E-state index contributed by atoms with van der Waals surface area (Å²) >= 11 is 1.08. The molecule has 0 radical (unpaired) electrons. The van der Waals surface area contributed by atoms with E-state index >= 15 is 0 Å². The van der Waals surface area contributed by atoms with Crippen LogP contribution < -0.4 is 5.32 Å². The molecule has 3 heterocycles. The summed E-state index contributed by atoms with van der Waals surface area (Å²) in [5.41, 5.74) is 0.654. The van der Waals surface area contributed by atoms with Gasteiger partial charge in [-0.2, -0.15) is 0 Å². The van der Waals surface area contributed by atoms with Crippen molar-refractivity contribution in [1.82, 2.24) is 0 Å². The van der Waals surface area contributed by atoms with E-state index in [4.69, 9.17) is 13.9 Å². The van der Waals surface area contributed by atoms with E-state index in [0.29, 0.717) is 21.9 Å². The Labute approximate surface area is 135 Å². The molecule has 2 aromatic heterocycles. The molecule has 23 heavy (non-hydrogen) atoms. The van der Waals surface area contributed by atoms with Gasteiger partial charge in [-0.3, -0.25) is 4.79 Å². The van der Waals surface area contributed by atoms with Crippen LogP contribution >= 0.6 is 11.3 Å². The maximum atomic E-state index is 12.1. The normalized spacial score (nSPS) is 16.9. The van der Waals surface area contributed by atoms with Gasteiger partial charge in [0.1, 0.15) is 4.88 Å². The summed E-state index contributed by atoms with van der Waals surface area (Å²) in [5, 5.41) is 3.14. The smallest absolute Gasteiger partial charge is 0.349 e. The first-order valence-electron chi connectivity index (χ1n) is 6.87. The molecule has 0 bridgehead atoms. The number of furan rings is 1. The summed E-state index contributed by atoms with van der Waals surface area (Å²) in [6.07, 6.45) is 0.903. The van der Waals surface area contributed by atoms with E-state index in [1.807, 2.05) is 0 Å². The number of carbonyl (C=O) groups excluding carboxylic acids is 3. The van der Waals surface area contributed by atoms with Crippen LogP contribution in [0.5, 0.6) is 0 Å². The summed E-state index contributed by atoms with van der Waals surface area (Å²) in [4.78, 5) is 35.7. The van der Waals surface area contributed by atoms with Gasteiger partial charge in [0.25, 0.3) is 5.91 Å². The molecule has 120 valence electrons. The van der Waals surface area contributed by atoms with Gasteiger partial charge in [0, 0.05) is 6.42 Å². The Morgan fingerprint density at radius 3 is 2.91 bits per heavy atom. The van der Waals surface area contributed by atoms with Crippen molar-refractivity contribution in [2.45, 2.75) is 19.4 Å². The van der Waals surface area contributed by atoms with Crippen molar-refractivity contribution in [2.24, 2.45) is 0 Å². The third-order valence-electron chi connectivity index (χ3n) is 3.22. The van der Waals surface area contributed by atoms with Gasteiger partial charge in [-0.15, -0.1) is 11.3 Å². The average molecular weight is 335 g/mol. The number of aryl methyl sites for hydroxylation is 1. The lowest BCUT2D eigenvalue weighted by molar-refractivity contribution is -0.145. The largest absolute Gasteiger partial charge is 0.463 e. The van der Waals surface area contributed by atoms with Crippen LogP contribution in [0.3, 0.4) is 0 Å². The van der Waals surface area contributed by atoms with Crippen molar-refractivity contribution in [2.75, 3.05) is 11.9 Å². The van der Waals surface area contributed by atoms with E-state index in [2.05, 4.69) is 5.32 Å². The van der Waals surface area contributed by atoms with E-state index in [1.165, 1.54) is 12.3 Å². The van der Waals surface area contributed by atoms with E-state index in [1.54, 1.807) is 19.1 Å². The van der Waals surface area contributed by atoms with Crippen LogP contribution in [0, 0.1) is 6.92 Å². The summed E-state index contributed by atoms with van der Waals surface area (Å²) in [7, 11) is 0. The van der Waals surface area contributed by atoms with Crippen LogP contribution in [0.4, 0.5) is 5.00 Å². The number of thiophene rings is 1. The molecule has 1 atom stereocenters. The van der Waals surface area contributed by atoms with Crippen LogP contribution in [0.25, 0.3) is 0 Å². The van der Waals surface area contributed by atoms with E-state index in [0.717, 1.165) is 11.3 Å². The van der Waals surface area contributed by atoms with E-state index in [9.17, 15) is 14.4 Å². The summed E-state index contributed by atoms with van der Waals surface area (Å²) in [6, 6.07) is 4.81. The summed E-state index contributed by atoms with van der Waals surface area (Å²) in [6.45, 7) is 1.98. The van der Waals surface area contributed by atoms with Gasteiger partial charge in [-0.25, -0.2) is 9.59 Å². The number of anilines is 1. The minimum Gasteiger partial charge on any atom is -0.463 e. The lowest BCUT2D eigenvalue weighted by atomic mass is 10.2. The number of hydrogen-bond acceptors (Lipinski definition) is 7. The second kappa shape index (κ2) is 6.25. The molecule has 1 fully saturated rings. The third kappa shape index (κ3) is 3.26. The number of amides is 1. The SMILES string of the molecule is Cc1cc(NC(=O)c2ccco2)sc1C(=O)O[C@H]1CCOC1=O. The highest BCUT2D eigenvalue weighted by atomic mass is 32.1. The molecule has 2 aromatic rings. The Morgan fingerprint density at radius 1 is 1.43 bits per heavy atom. The fraction of sp³-hybridized carbons (Fsp3) is 0.267. The van der Waals surface area contributed by atoms with E-state index < -0.39 is 23.9 Å². The average Bonchev–Trinajstić information content (AvgIpc) is 3.22. The van der Waals surface area contributed by atoms with Crippen LogP contribution in [0.2, 0.25) is 0 Å². The Kier molecular flexibility index (Phi) is 4.16. The second-order valence-corrected chi connectivity index (χ2v) is 5.96. The molecule has 1 amide bonds. The lowest BCUT2D eigenvalue weighted by Gasteiger charge is -2.07. The van der Waals surface area contributed by atoms with Gasteiger partial charge in [0.2, 0.25) is 6.10 Å². The van der Waals surface area contributed by atoms with Gasteiger partial charge in [-0.05, 0) is 30.7 Å². The molecule has 1 N–H and O–H groups in total. The van der Waals surface area contributed by atoms with Crippen molar-refractivity contribution in [1.29, 1.82) is 0 Å². The highest BCUT2D eigenvalue weighted by Gasteiger charge is 2.31. The predicted octanol–water partition coefficient (Wildman–Crippen LogP) is 2.37. The van der Waals surface area contributed by atoms with Crippen LogP contribution in [-0.4, -0.2) is 30.6 Å². The Bertz CT molecular complexity index is 748. The van der Waals surface area contributed by atoms with Crippen LogP contribution in [0.15, 0.2) is 28.9 Å². The van der Waals surface area contributed by atoms with Gasteiger partial charge >= 0.3 is 11.9 Å². The molecule has 1 saturated heterocycles. The number of ether oxygens (including phenoxy) is 2. The molecule has 8 heteroatoms. The molecule has 0 aliphatic carbocycles. The summed E-state index contributed by atoms with van der Waals surface area (Å²) in [5.74, 6) is -1.36. The van der Waals surface area contributed by atoms with Crippen molar-refractivity contribution in [3.8, 4) is 0 Å². The van der Waals surface area contributed by atoms with Gasteiger partial charge in [-0.1, -0.05) is 0 Å². The molecule has 0 spiro atoms. The van der Waals surface area contributed by atoms with Crippen molar-refractivity contribution < 1.29 is 28.3 Å². The predicted molar refractivity (Wildman–Crippen MR) is 80.5 cm³/mol. The maximum Gasteiger partial charge on any atom is 0.349 e. The van der Waals surface area contributed by atoms with Gasteiger partial charge in [0.05, 0.1) is 17.9 Å². The number of esters is 2. The summed E-state index contributed by atoms with van der Waals surface area (Å²) < 4.78 is 14.9. The lowest BCUT2D eigenvalue weighted by Crippen LogP contribution is -2.22. The topological polar surface area (TPSA) is 94.8 Å². The Balaban J connectivity index is 1.69. The Morgan fingerprint density at radius 2 is 2.26 bits per heavy atom. The molecule has 0 aromatic carbocycles. The molecule has 0 saturated carbocycles. The minimum atomic E-state index is -0.856. The first kappa shape index (κ1) is 15.3. The van der Waals surface area contributed by atoms with Crippen molar-refractivity contribution in [3.63, 3.8) is 0 Å². The van der Waals surface area contributed by atoms with Crippen LogP contribution in [-0.2, 0) is 14.3 Å². The second-order valence-electron chi connectivity index (χ2n) is 4.90. The zero-order valence-electron chi connectivity index (χ0n) is 12.2. The molecule has 7 nitrogen and oxygen atoms in total. The first-order valence-corrected chi connectivity index (χ1v) is 7.69. The maximum absolute atomic E-state index is 12.1. The number of rotatable bonds is 4. The molecule has 1 aliphatic heterocycles. The zero-order valence-corrected chi connectivity index (χ0v) is 13.0. The fourth-order valence-corrected chi connectivity index (χ4v) is 3.05. The van der Waals surface area contributed by atoms with Gasteiger partial charge < -0.3 is 19.2 Å². The molecule has 3 rings (SSSR count). The zero-order chi connectivity index (χ0) is 16.4. The molecular weight excluding hydrogens is 322 g/mol. The number of carbonyl (C=O) groups is 3. The number of hydrogen-bond donors (Lipinski definition) is 1. The molecule has 0 unspecified atom stereocenters. The van der Waals surface area contributed by atoms with Gasteiger partial charge in [0.15, 0.2) is 5.76 Å². The van der Waals surface area contributed by atoms with Crippen molar-refractivity contribution in [3.05, 3.63) is 40.7 Å². The number of nitrogens with one attached hydrogen (secondary N) is 1. The van der Waals surface area contributed by atoms with Crippen LogP contribution in [0.1, 0.15) is 32.2 Å². The minimum absolute atomic E-state index is 0.175. The molecule has 1 aliphatic rings. The van der Waals surface area contributed by atoms with E-state index in [-0.39, 0.29) is 12.4 Å². The first-order chi connectivity index (χ1) is 11.0.